The first-order valence-corrected chi connectivity index (χ1v) is 6.46. The van der Waals surface area contributed by atoms with E-state index in [1.165, 1.54) is 20.3 Å². The summed E-state index contributed by atoms with van der Waals surface area (Å²) >= 11 is 0. The summed E-state index contributed by atoms with van der Waals surface area (Å²) in [7, 11) is 2.99. The zero-order chi connectivity index (χ0) is 14.5. The van der Waals surface area contributed by atoms with Gasteiger partial charge in [-0.05, 0) is 18.9 Å². The molecular weight excluding hydrogens is 262 g/mol. The van der Waals surface area contributed by atoms with Crippen molar-refractivity contribution in [2.45, 2.75) is 18.9 Å². The van der Waals surface area contributed by atoms with Crippen molar-refractivity contribution in [2.75, 3.05) is 33.2 Å². The molecule has 0 saturated carbocycles. The van der Waals surface area contributed by atoms with E-state index in [4.69, 9.17) is 24.7 Å². The highest BCUT2D eigenvalue weighted by Crippen LogP contribution is 2.31. The average Bonchev–Trinajstić information content (AvgIpc) is 2.98. The average molecular weight is 281 g/mol. The molecule has 0 bridgehead atoms. The highest BCUT2D eigenvalue weighted by molar-refractivity contribution is 5.97. The Bertz CT molecular complexity index is 483. The fourth-order valence-electron chi connectivity index (χ4n) is 2.08. The standard InChI is InChI=1S/C14H19NO5/c1-17-10-6-11(13(15)12(7-10)18-2)14(16)20-8-9-4-3-5-19-9/h6-7,9H,3-5,8,15H2,1-2H3. The third-order valence-electron chi connectivity index (χ3n) is 3.22. The van der Waals surface area contributed by atoms with E-state index in [0.717, 1.165) is 19.4 Å². The van der Waals surface area contributed by atoms with Crippen molar-refractivity contribution in [3.63, 3.8) is 0 Å². The number of anilines is 1. The van der Waals surface area contributed by atoms with Crippen LogP contribution in [0.3, 0.4) is 0 Å². The second kappa shape index (κ2) is 6.47. The number of hydrogen-bond acceptors (Lipinski definition) is 6. The number of ether oxygens (including phenoxy) is 4. The Morgan fingerprint density at radius 3 is 2.80 bits per heavy atom. The Morgan fingerprint density at radius 2 is 2.20 bits per heavy atom. The minimum Gasteiger partial charge on any atom is -0.497 e. The second-order valence-corrected chi connectivity index (χ2v) is 4.52. The van der Waals surface area contributed by atoms with Gasteiger partial charge in [0, 0.05) is 12.7 Å². The number of carbonyl (C=O) groups excluding carboxylic acids is 1. The topological polar surface area (TPSA) is 80.0 Å². The highest BCUT2D eigenvalue weighted by atomic mass is 16.6. The maximum atomic E-state index is 12.1. The van der Waals surface area contributed by atoms with Crippen molar-refractivity contribution in [3.05, 3.63) is 17.7 Å². The molecule has 20 heavy (non-hydrogen) atoms. The molecule has 6 nitrogen and oxygen atoms in total. The summed E-state index contributed by atoms with van der Waals surface area (Å²) in [6, 6.07) is 3.15. The molecule has 2 rings (SSSR count). The second-order valence-electron chi connectivity index (χ2n) is 4.52. The van der Waals surface area contributed by atoms with Crippen LogP contribution in [0, 0.1) is 0 Å². The lowest BCUT2D eigenvalue weighted by atomic mass is 10.1. The normalized spacial score (nSPS) is 17.8. The van der Waals surface area contributed by atoms with Crippen LogP contribution in [0.5, 0.6) is 11.5 Å². The first-order chi connectivity index (χ1) is 9.65. The first-order valence-electron chi connectivity index (χ1n) is 6.46. The quantitative estimate of drug-likeness (QED) is 0.652. The summed E-state index contributed by atoms with van der Waals surface area (Å²) in [5.74, 6) is 0.365. The van der Waals surface area contributed by atoms with E-state index in [1.54, 1.807) is 6.07 Å². The molecule has 1 fully saturated rings. The van der Waals surface area contributed by atoms with Crippen LogP contribution in [0.15, 0.2) is 12.1 Å². The molecule has 1 unspecified atom stereocenters. The molecular formula is C14H19NO5. The van der Waals surface area contributed by atoms with Gasteiger partial charge >= 0.3 is 5.97 Å². The van der Waals surface area contributed by atoms with E-state index in [-0.39, 0.29) is 24.0 Å². The third-order valence-corrected chi connectivity index (χ3v) is 3.22. The van der Waals surface area contributed by atoms with Crippen LogP contribution in [-0.4, -0.2) is 39.5 Å². The van der Waals surface area contributed by atoms with Gasteiger partial charge in [0.05, 0.1) is 31.6 Å². The van der Waals surface area contributed by atoms with E-state index >= 15 is 0 Å². The minimum absolute atomic E-state index is 0.0207. The SMILES string of the molecule is COc1cc(OC)c(N)c(C(=O)OCC2CCCO2)c1. The van der Waals surface area contributed by atoms with Gasteiger partial charge in [-0.3, -0.25) is 0 Å². The van der Waals surface area contributed by atoms with Crippen molar-refractivity contribution >= 4 is 11.7 Å². The van der Waals surface area contributed by atoms with Crippen molar-refractivity contribution in [1.29, 1.82) is 0 Å². The van der Waals surface area contributed by atoms with Crippen LogP contribution in [0.25, 0.3) is 0 Å². The minimum atomic E-state index is -0.504. The zero-order valence-electron chi connectivity index (χ0n) is 11.7. The molecule has 110 valence electrons. The van der Waals surface area contributed by atoms with Crippen molar-refractivity contribution in [1.82, 2.24) is 0 Å². The van der Waals surface area contributed by atoms with Crippen LogP contribution in [0.2, 0.25) is 0 Å². The molecule has 6 heteroatoms. The summed E-state index contributed by atoms with van der Waals surface area (Å²) in [5.41, 5.74) is 6.37. The monoisotopic (exact) mass is 281 g/mol. The largest absolute Gasteiger partial charge is 0.497 e. The molecule has 1 heterocycles. The Labute approximate surface area is 117 Å². The molecule has 1 atom stereocenters. The Kier molecular flexibility index (Phi) is 4.68. The molecule has 0 spiro atoms. The third kappa shape index (κ3) is 3.14. The lowest BCUT2D eigenvalue weighted by Gasteiger charge is -2.14. The lowest BCUT2D eigenvalue weighted by Crippen LogP contribution is -2.18. The zero-order valence-corrected chi connectivity index (χ0v) is 11.7. The Morgan fingerprint density at radius 1 is 1.40 bits per heavy atom. The van der Waals surface area contributed by atoms with Crippen LogP contribution in [-0.2, 0) is 9.47 Å². The van der Waals surface area contributed by atoms with Gasteiger partial charge in [-0.1, -0.05) is 0 Å². The molecule has 0 radical (unpaired) electrons. The first kappa shape index (κ1) is 14.5. The fourth-order valence-corrected chi connectivity index (χ4v) is 2.08. The molecule has 0 aliphatic carbocycles. The van der Waals surface area contributed by atoms with E-state index in [0.29, 0.717) is 11.5 Å². The van der Waals surface area contributed by atoms with Gasteiger partial charge in [-0.2, -0.15) is 0 Å². The van der Waals surface area contributed by atoms with Crippen LogP contribution in [0.1, 0.15) is 23.2 Å². The summed E-state index contributed by atoms with van der Waals surface area (Å²) in [4.78, 5) is 12.1. The van der Waals surface area contributed by atoms with Crippen molar-refractivity contribution in [2.24, 2.45) is 0 Å². The van der Waals surface area contributed by atoms with Crippen molar-refractivity contribution in [3.8, 4) is 11.5 Å². The van der Waals surface area contributed by atoms with E-state index in [9.17, 15) is 4.79 Å². The van der Waals surface area contributed by atoms with Gasteiger partial charge in [0.1, 0.15) is 18.1 Å². The Hall–Kier alpha value is -1.95. The summed E-state index contributed by atoms with van der Waals surface area (Å²) < 4.78 is 20.9. The number of hydrogen-bond donors (Lipinski definition) is 1. The van der Waals surface area contributed by atoms with E-state index < -0.39 is 5.97 Å². The number of nitrogens with two attached hydrogens (primary N) is 1. The predicted octanol–water partition coefficient (Wildman–Crippen LogP) is 1.62. The molecule has 2 N–H and O–H groups in total. The molecule has 0 aromatic heterocycles. The molecule has 1 aliphatic rings. The molecule has 1 aromatic rings. The van der Waals surface area contributed by atoms with Gasteiger partial charge in [0.15, 0.2) is 0 Å². The maximum Gasteiger partial charge on any atom is 0.340 e. The van der Waals surface area contributed by atoms with Gasteiger partial charge in [0.2, 0.25) is 0 Å². The summed E-state index contributed by atoms with van der Waals surface area (Å²) in [6.45, 7) is 0.954. The summed E-state index contributed by atoms with van der Waals surface area (Å²) in [6.07, 6.45) is 1.88. The molecule has 1 aromatic carbocycles. The van der Waals surface area contributed by atoms with Crippen molar-refractivity contribution < 1.29 is 23.7 Å². The highest BCUT2D eigenvalue weighted by Gasteiger charge is 2.21. The van der Waals surface area contributed by atoms with Crippen LogP contribution >= 0.6 is 0 Å². The predicted molar refractivity (Wildman–Crippen MR) is 73.2 cm³/mol. The number of benzene rings is 1. The van der Waals surface area contributed by atoms with Gasteiger partial charge in [0.25, 0.3) is 0 Å². The number of esters is 1. The number of carbonyl (C=O) groups is 1. The smallest absolute Gasteiger partial charge is 0.340 e. The van der Waals surface area contributed by atoms with Crippen LogP contribution in [0.4, 0.5) is 5.69 Å². The van der Waals surface area contributed by atoms with Gasteiger partial charge < -0.3 is 24.7 Å². The summed E-state index contributed by atoms with van der Waals surface area (Å²) in [5, 5.41) is 0. The number of rotatable bonds is 5. The lowest BCUT2D eigenvalue weighted by molar-refractivity contribution is 0.0162. The van der Waals surface area contributed by atoms with E-state index in [2.05, 4.69) is 0 Å². The molecule has 1 aliphatic heterocycles. The van der Waals surface area contributed by atoms with Gasteiger partial charge in [-0.15, -0.1) is 0 Å². The molecule has 0 amide bonds. The van der Waals surface area contributed by atoms with Gasteiger partial charge in [-0.25, -0.2) is 4.79 Å². The maximum absolute atomic E-state index is 12.1. The Balaban J connectivity index is 2.11. The van der Waals surface area contributed by atoms with E-state index in [1.807, 2.05) is 0 Å². The molecule has 1 saturated heterocycles. The van der Waals surface area contributed by atoms with Crippen LogP contribution < -0.4 is 15.2 Å². The number of methoxy groups -OCH3 is 2. The number of nitrogen functional groups attached to an aromatic ring is 1. The fraction of sp³-hybridized carbons (Fsp3) is 0.500.